The molecular weight excluding hydrogens is 541 g/mol. The van der Waals surface area contributed by atoms with Crippen molar-refractivity contribution in [3.63, 3.8) is 0 Å². The number of H-pyrrole nitrogens is 1. The Morgan fingerprint density at radius 2 is 1.85 bits per heavy atom. The molecule has 0 atom stereocenters. The zero-order valence-electron chi connectivity index (χ0n) is 20.1. The molecule has 0 bridgehead atoms. The highest BCUT2D eigenvalue weighted by Crippen LogP contribution is 2.35. The van der Waals surface area contributed by atoms with E-state index in [1.54, 1.807) is 7.11 Å². The molecule has 0 saturated carbocycles. The van der Waals surface area contributed by atoms with E-state index in [1.807, 2.05) is 50.6 Å². The number of aromatic amines is 1. The number of nitrogens with zero attached hydrogens (tertiary/aromatic N) is 3. The van der Waals surface area contributed by atoms with Crippen molar-refractivity contribution in [1.82, 2.24) is 20.2 Å². The average Bonchev–Trinajstić information content (AvgIpc) is 3.34. The third-order valence-electron chi connectivity index (χ3n) is 6.41. The van der Waals surface area contributed by atoms with Gasteiger partial charge < -0.3 is 24.7 Å². The van der Waals surface area contributed by atoms with Crippen molar-refractivity contribution in [1.29, 1.82) is 0 Å². The van der Waals surface area contributed by atoms with E-state index in [0.717, 1.165) is 61.4 Å². The van der Waals surface area contributed by atoms with E-state index in [4.69, 9.17) is 9.47 Å². The van der Waals surface area contributed by atoms with Gasteiger partial charge in [-0.05, 0) is 36.1 Å². The molecule has 1 saturated heterocycles. The Hall–Kier alpha value is -2.59. The van der Waals surface area contributed by atoms with Crippen LogP contribution in [0.5, 0.6) is 5.75 Å². The number of imidazole rings is 1. The van der Waals surface area contributed by atoms with Gasteiger partial charge in [0, 0.05) is 39.3 Å². The summed E-state index contributed by atoms with van der Waals surface area (Å²) >= 11 is 0. The summed E-state index contributed by atoms with van der Waals surface area (Å²) in [5.41, 5.74) is 3.44. The molecule has 3 aromatic rings. The molecule has 0 unspecified atom stereocenters. The molecule has 1 fully saturated rings. The van der Waals surface area contributed by atoms with Crippen LogP contribution in [-0.2, 0) is 16.7 Å². The van der Waals surface area contributed by atoms with Crippen molar-refractivity contribution in [2.45, 2.75) is 24.8 Å². The second kappa shape index (κ2) is 12.2. The first-order valence-electron chi connectivity index (χ1n) is 11.4. The fourth-order valence-corrected chi connectivity index (χ4v) is 4.41. The topological polar surface area (TPSA) is 74.8 Å². The van der Waals surface area contributed by atoms with Crippen LogP contribution in [0.2, 0.25) is 0 Å². The lowest BCUT2D eigenvalue weighted by Gasteiger charge is -2.39. The van der Waals surface area contributed by atoms with E-state index in [-0.39, 0.29) is 29.4 Å². The Morgan fingerprint density at radius 1 is 1.15 bits per heavy atom. The van der Waals surface area contributed by atoms with Gasteiger partial charge in [0.2, 0.25) is 0 Å². The zero-order chi connectivity index (χ0) is 23.1. The van der Waals surface area contributed by atoms with Crippen molar-refractivity contribution in [2.24, 2.45) is 4.99 Å². The van der Waals surface area contributed by atoms with Crippen LogP contribution in [-0.4, -0.2) is 61.8 Å². The molecule has 34 heavy (non-hydrogen) atoms. The Kier molecular flexibility index (Phi) is 9.35. The fraction of sp³-hybridized carbons (Fsp3) is 0.385. The smallest absolute Gasteiger partial charge is 0.193 e. The summed E-state index contributed by atoms with van der Waals surface area (Å²) in [6, 6.07) is 18.6. The Bertz CT molecular complexity index is 1050. The number of nitrogens with one attached hydrogen (secondary N) is 2. The molecule has 182 valence electrons. The van der Waals surface area contributed by atoms with Crippen LogP contribution in [0.15, 0.2) is 65.8 Å². The molecular formula is C26H34IN5O2. The van der Waals surface area contributed by atoms with Gasteiger partial charge in [0.15, 0.2) is 5.96 Å². The van der Waals surface area contributed by atoms with Crippen LogP contribution in [0.3, 0.4) is 0 Å². The molecule has 1 aliphatic heterocycles. The molecule has 0 spiro atoms. The normalized spacial score (nSPS) is 15.3. The molecule has 1 aliphatic rings. The maximum atomic E-state index is 5.68. The van der Waals surface area contributed by atoms with Gasteiger partial charge in [-0.25, -0.2) is 4.98 Å². The maximum Gasteiger partial charge on any atom is 0.193 e. The number of rotatable bonds is 7. The van der Waals surface area contributed by atoms with Gasteiger partial charge in [-0.2, -0.15) is 0 Å². The second-order valence-corrected chi connectivity index (χ2v) is 8.49. The quantitative estimate of drug-likeness (QED) is 0.247. The lowest BCUT2D eigenvalue weighted by atomic mass is 9.74. The number of benzene rings is 2. The van der Waals surface area contributed by atoms with Crippen molar-refractivity contribution in [3.05, 3.63) is 72.2 Å². The average molecular weight is 575 g/mol. The number of ether oxygens (including phenoxy) is 2. The first-order chi connectivity index (χ1) is 16.1. The predicted octanol–water partition coefficient (Wildman–Crippen LogP) is 4.46. The highest BCUT2D eigenvalue weighted by molar-refractivity contribution is 14.0. The molecule has 0 radical (unpaired) electrons. The van der Waals surface area contributed by atoms with Crippen molar-refractivity contribution >= 4 is 29.9 Å². The van der Waals surface area contributed by atoms with Crippen LogP contribution in [0.25, 0.3) is 11.3 Å². The van der Waals surface area contributed by atoms with E-state index in [0.29, 0.717) is 6.54 Å². The first kappa shape index (κ1) is 26.0. The van der Waals surface area contributed by atoms with Gasteiger partial charge in [-0.3, -0.25) is 4.99 Å². The van der Waals surface area contributed by atoms with E-state index < -0.39 is 0 Å². The highest BCUT2D eigenvalue weighted by Gasteiger charge is 2.35. The van der Waals surface area contributed by atoms with Crippen molar-refractivity contribution in [3.8, 4) is 17.0 Å². The Labute approximate surface area is 219 Å². The third kappa shape index (κ3) is 6.09. The number of hydrogen-bond acceptors (Lipinski definition) is 4. The molecule has 2 heterocycles. The van der Waals surface area contributed by atoms with Gasteiger partial charge >= 0.3 is 0 Å². The number of hydrogen-bond donors (Lipinski definition) is 2. The van der Waals surface area contributed by atoms with Crippen LogP contribution in [0.4, 0.5) is 0 Å². The van der Waals surface area contributed by atoms with Gasteiger partial charge in [-0.1, -0.05) is 42.5 Å². The van der Waals surface area contributed by atoms with Gasteiger partial charge in [0.25, 0.3) is 0 Å². The third-order valence-corrected chi connectivity index (χ3v) is 6.41. The monoisotopic (exact) mass is 575 g/mol. The Morgan fingerprint density at radius 3 is 2.50 bits per heavy atom. The van der Waals surface area contributed by atoms with Gasteiger partial charge in [-0.15, -0.1) is 24.0 Å². The zero-order valence-corrected chi connectivity index (χ0v) is 22.4. The number of methoxy groups -OCH3 is 1. The molecule has 2 aromatic carbocycles. The molecule has 1 aromatic heterocycles. The minimum Gasteiger partial charge on any atom is -0.497 e. The second-order valence-electron chi connectivity index (χ2n) is 8.49. The molecule has 8 heteroatoms. The first-order valence-corrected chi connectivity index (χ1v) is 11.4. The minimum absolute atomic E-state index is 0. The summed E-state index contributed by atoms with van der Waals surface area (Å²) in [7, 11) is 5.55. The van der Waals surface area contributed by atoms with Crippen molar-refractivity contribution in [2.75, 3.05) is 41.0 Å². The SMILES string of the molecule is CN=C(NCC1(c2ccc(OC)cc2)CCOCC1)N(C)Cc1ncc(-c2ccccc2)[nH]1.I. The van der Waals surface area contributed by atoms with Gasteiger partial charge in [0.1, 0.15) is 11.6 Å². The summed E-state index contributed by atoms with van der Waals surface area (Å²) in [6.45, 7) is 2.94. The fourth-order valence-electron chi connectivity index (χ4n) is 4.41. The number of guanidine groups is 1. The standard InChI is InChI=1S/C26H33N5O2.HI/c1-27-25(31(2)18-24-28-17-23(30-24)20-7-5-4-6-8-20)29-19-26(13-15-33-16-14-26)21-9-11-22(32-3)12-10-21;/h4-12,17H,13-16,18-19H2,1-3H3,(H,27,29)(H,28,30);1H. The number of halogens is 1. The Balaban J connectivity index is 0.00000324. The lowest BCUT2D eigenvalue weighted by Crippen LogP contribution is -2.48. The molecule has 7 nitrogen and oxygen atoms in total. The molecule has 2 N–H and O–H groups in total. The summed E-state index contributed by atoms with van der Waals surface area (Å²) in [4.78, 5) is 14.6. The van der Waals surface area contributed by atoms with E-state index in [9.17, 15) is 0 Å². The lowest BCUT2D eigenvalue weighted by molar-refractivity contribution is 0.0512. The molecule has 4 rings (SSSR count). The summed E-state index contributed by atoms with van der Waals surface area (Å²) in [5, 5.41) is 3.61. The van der Waals surface area contributed by atoms with E-state index in [1.165, 1.54) is 5.56 Å². The minimum atomic E-state index is -0.00748. The van der Waals surface area contributed by atoms with Crippen LogP contribution in [0.1, 0.15) is 24.2 Å². The van der Waals surface area contributed by atoms with Crippen LogP contribution < -0.4 is 10.1 Å². The maximum absolute atomic E-state index is 5.68. The van der Waals surface area contributed by atoms with Crippen LogP contribution >= 0.6 is 24.0 Å². The number of aliphatic imine (C=N–C) groups is 1. The van der Waals surface area contributed by atoms with E-state index in [2.05, 4.69) is 49.4 Å². The molecule has 0 aliphatic carbocycles. The van der Waals surface area contributed by atoms with Gasteiger partial charge in [0.05, 0.1) is 25.5 Å². The predicted molar refractivity (Wildman–Crippen MR) is 147 cm³/mol. The van der Waals surface area contributed by atoms with Crippen molar-refractivity contribution < 1.29 is 9.47 Å². The highest BCUT2D eigenvalue weighted by atomic mass is 127. The largest absolute Gasteiger partial charge is 0.497 e. The summed E-state index contributed by atoms with van der Waals surface area (Å²) < 4.78 is 11.0. The molecule has 0 amide bonds. The number of aromatic nitrogens is 2. The summed E-state index contributed by atoms with van der Waals surface area (Å²) in [5.74, 6) is 2.61. The summed E-state index contributed by atoms with van der Waals surface area (Å²) in [6.07, 6.45) is 3.81. The van der Waals surface area contributed by atoms with Crippen LogP contribution in [0, 0.1) is 0 Å². The van der Waals surface area contributed by atoms with E-state index >= 15 is 0 Å².